The molecule has 5 heteroatoms. The molecule has 0 bridgehead atoms. The third-order valence-electron chi connectivity index (χ3n) is 2.92. The lowest BCUT2D eigenvalue weighted by atomic mass is 10.2. The van der Waals surface area contributed by atoms with Crippen LogP contribution < -0.4 is 10.5 Å². The van der Waals surface area contributed by atoms with Crippen LogP contribution in [0.2, 0.25) is 0 Å². The van der Waals surface area contributed by atoms with Gasteiger partial charge in [-0.3, -0.25) is 0 Å². The van der Waals surface area contributed by atoms with E-state index < -0.39 is 0 Å². The van der Waals surface area contributed by atoms with Gasteiger partial charge in [-0.15, -0.1) is 0 Å². The van der Waals surface area contributed by atoms with Crippen LogP contribution in [0, 0.1) is 0 Å². The van der Waals surface area contributed by atoms with Gasteiger partial charge in [-0.05, 0) is 32.0 Å². The Balaban J connectivity index is 2.12. The molecule has 0 radical (unpaired) electrons. The number of ether oxygens (including phenoxy) is 1. The standard InChI is InChI=1S/C14H18BrN3O/c1-10(2)18-9-17-7-13(18)8-19-14-4-3-12(15)5-11(14)6-16/h3-5,7,9-10H,6,8,16H2,1-2H3. The summed E-state index contributed by atoms with van der Waals surface area (Å²) in [5.74, 6) is 0.821. The Kier molecular flexibility index (Phi) is 4.61. The number of aromatic nitrogens is 2. The zero-order chi connectivity index (χ0) is 13.8. The molecule has 1 aromatic carbocycles. The van der Waals surface area contributed by atoms with E-state index in [2.05, 4.69) is 39.3 Å². The fourth-order valence-electron chi connectivity index (χ4n) is 1.91. The van der Waals surface area contributed by atoms with Crippen LogP contribution in [0.4, 0.5) is 0 Å². The molecule has 2 rings (SSSR count). The van der Waals surface area contributed by atoms with Gasteiger partial charge in [0.2, 0.25) is 0 Å². The van der Waals surface area contributed by atoms with Crippen molar-refractivity contribution in [1.82, 2.24) is 9.55 Å². The largest absolute Gasteiger partial charge is 0.487 e. The van der Waals surface area contributed by atoms with Crippen molar-refractivity contribution in [3.8, 4) is 5.75 Å². The molecule has 1 aromatic heterocycles. The molecule has 0 unspecified atom stereocenters. The number of rotatable bonds is 5. The fraction of sp³-hybridized carbons (Fsp3) is 0.357. The van der Waals surface area contributed by atoms with E-state index in [0.717, 1.165) is 21.5 Å². The highest BCUT2D eigenvalue weighted by Crippen LogP contribution is 2.24. The summed E-state index contributed by atoms with van der Waals surface area (Å²) in [6.45, 7) is 5.19. The Morgan fingerprint density at radius 2 is 2.21 bits per heavy atom. The van der Waals surface area contributed by atoms with Crippen LogP contribution in [0.5, 0.6) is 5.75 Å². The lowest BCUT2D eigenvalue weighted by molar-refractivity contribution is 0.289. The normalized spacial score (nSPS) is 11.0. The highest BCUT2D eigenvalue weighted by Gasteiger charge is 2.08. The molecular weight excluding hydrogens is 306 g/mol. The van der Waals surface area contributed by atoms with Gasteiger partial charge in [0.1, 0.15) is 12.4 Å². The predicted octanol–water partition coefficient (Wildman–Crippen LogP) is 3.26. The third-order valence-corrected chi connectivity index (χ3v) is 3.41. The van der Waals surface area contributed by atoms with Gasteiger partial charge in [-0.25, -0.2) is 4.98 Å². The highest BCUT2D eigenvalue weighted by atomic mass is 79.9. The highest BCUT2D eigenvalue weighted by molar-refractivity contribution is 9.10. The zero-order valence-electron chi connectivity index (χ0n) is 11.1. The van der Waals surface area contributed by atoms with Gasteiger partial charge in [-0.1, -0.05) is 15.9 Å². The number of nitrogens with zero attached hydrogens (tertiary/aromatic N) is 2. The quantitative estimate of drug-likeness (QED) is 0.918. The summed E-state index contributed by atoms with van der Waals surface area (Å²) in [5.41, 5.74) is 7.78. The molecule has 2 aromatic rings. The summed E-state index contributed by atoms with van der Waals surface area (Å²) in [6, 6.07) is 6.24. The number of hydrogen-bond donors (Lipinski definition) is 1. The Morgan fingerprint density at radius 1 is 1.42 bits per heavy atom. The minimum atomic E-state index is 0.375. The molecule has 0 saturated carbocycles. The molecule has 102 valence electrons. The molecule has 0 spiro atoms. The van der Waals surface area contributed by atoms with Crippen LogP contribution in [0.3, 0.4) is 0 Å². The van der Waals surface area contributed by atoms with Crippen LogP contribution >= 0.6 is 15.9 Å². The van der Waals surface area contributed by atoms with Crippen LogP contribution in [0.1, 0.15) is 31.1 Å². The lowest BCUT2D eigenvalue weighted by Crippen LogP contribution is -2.08. The molecule has 0 aliphatic rings. The maximum Gasteiger partial charge on any atom is 0.130 e. The van der Waals surface area contributed by atoms with Gasteiger partial charge < -0.3 is 15.0 Å². The van der Waals surface area contributed by atoms with Gasteiger partial charge in [-0.2, -0.15) is 0 Å². The lowest BCUT2D eigenvalue weighted by Gasteiger charge is -2.14. The minimum Gasteiger partial charge on any atom is -0.487 e. The molecule has 0 aliphatic heterocycles. The van der Waals surface area contributed by atoms with E-state index in [9.17, 15) is 0 Å². The Morgan fingerprint density at radius 3 is 2.89 bits per heavy atom. The van der Waals surface area contributed by atoms with Crippen LogP contribution in [0.25, 0.3) is 0 Å². The summed E-state index contributed by atoms with van der Waals surface area (Å²) >= 11 is 3.43. The van der Waals surface area contributed by atoms with E-state index in [4.69, 9.17) is 10.5 Å². The van der Waals surface area contributed by atoms with Crippen molar-refractivity contribution in [3.63, 3.8) is 0 Å². The monoisotopic (exact) mass is 323 g/mol. The topological polar surface area (TPSA) is 53.1 Å². The second-order valence-corrected chi connectivity index (χ2v) is 5.55. The first-order valence-corrected chi connectivity index (χ1v) is 7.03. The minimum absolute atomic E-state index is 0.375. The smallest absolute Gasteiger partial charge is 0.130 e. The summed E-state index contributed by atoms with van der Waals surface area (Å²) < 4.78 is 8.96. The second-order valence-electron chi connectivity index (χ2n) is 4.63. The molecular formula is C14H18BrN3O. The van der Waals surface area contributed by atoms with E-state index >= 15 is 0 Å². The molecule has 0 fully saturated rings. The number of hydrogen-bond acceptors (Lipinski definition) is 3. The maximum absolute atomic E-state index is 5.86. The van der Waals surface area contributed by atoms with Crippen molar-refractivity contribution < 1.29 is 4.74 Å². The van der Waals surface area contributed by atoms with Gasteiger partial charge in [0, 0.05) is 22.6 Å². The maximum atomic E-state index is 5.86. The molecule has 0 atom stereocenters. The van der Waals surface area contributed by atoms with Gasteiger partial charge in [0.15, 0.2) is 0 Å². The number of halogens is 1. The second kappa shape index (κ2) is 6.21. The molecule has 0 saturated heterocycles. The van der Waals surface area contributed by atoms with E-state index in [1.54, 1.807) is 0 Å². The Labute approximate surface area is 121 Å². The van der Waals surface area contributed by atoms with Gasteiger partial charge in [0.25, 0.3) is 0 Å². The summed E-state index contributed by atoms with van der Waals surface area (Å²) in [4.78, 5) is 4.16. The summed E-state index contributed by atoms with van der Waals surface area (Å²) in [6.07, 6.45) is 3.66. The van der Waals surface area contributed by atoms with Gasteiger partial charge >= 0.3 is 0 Å². The third kappa shape index (κ3) is 3.36. The first-order chi connectivity index (χ1) is 9.11. The predicted molar refractivity (Wildman–Crippen MR) is 79.0 cm³/mol. The van der Waals surface area contributed by atoms with Crippen LogP contribution in [-0.4, -0.2) is 9.55 Å². The van der Waals surface area contributed by atoms with E-state index in [-0.39, 0.29) is 0 Å². The SMILES string of the molecule is CC(C)n1cncc1COc1ccc(Br)cc1CN. The summed E-state index contributed by atoms with van der Waals surface area (Å²) in [7, 11) is 0. The van der Waals surface area contributed by atoms with Crippen molar-refractivity contribution in [1.29, 1.82) is 0 Å². The van der Waals surface area contributed by atoms with Gasteiger partial charge in [0.05, 0.1) is 18.2 Å². The fourth-order valence-corrected chi connectivity index (χ4v) is 2.32. The van der Waals surface area contributed by atoms with Crippen LogP contribution in [0.15, 0.2) is 35.2 Å². The van der Waals surface area contributed by atoms with Crippen molar-refractivity contribution in [2.75, 3.05) is 0 Å². The van der Waals surface area contributed by atoms with Crippen molar-refractivity contribution in [2.45, 2.75) is 33.0 Å². The molecule has 1 heterocycles. The Hall–Kier alpha value is -1.33. The van der Waals surface area contributed by atoms with Crippen LogP contribution in [-0.2, 0) is 13.2 Å². The number of nitrogens with two attached hydrogens (primary N) is 1. The Bertz CT molecular complexity index is 551. The zero-order valence-corrected chi connectivity index (χ0v) is 12.7. The van der Waals surface area contributed by atoms with Crippen molar-refractivity contribution in [3.05, 3.63) is 46.5 Å². The van der Waals surface area contributed by atoms with Crippen molar-refractivity contribution in [2.24, 2.45) is 5.73 Å². The molecule has 4 nitrogen and oxygen atoms in total. The molecule has 0 aliphatic carbocycles. The molecule has 2 N–H and O–H groups in total. The number of imidazole rings is 1. The number of benzene rings is 1. The molecule has 0 amide bonds. The first-order valence-electron chi connectivity index (χ1n) is 6.23. The van der Waals surface area contributed by atoms with E-state index in [1.165, 1.54) is 0 Å². The van der Waals surface area contributed by atoms with E-state index in [1.807, 2.05) is 30.7 Å². The average Bonchev–Trinajstić information content (AvgIpc) is 2.85. The summed E-state index contributed by atoms with van der Waals surface area (Å²) in [5, 5.41) is 0. The molecule has 19 heavy (non-hydrogen) atoms. The van der Waals surface area contributed by atoms with E-state index in [0.29, 0.717) is 19.2 Å². The first kappa shape index (κ1) is 14.1. The van der Waals surface area contributed by atoms with Crippen molar-refractivity contribution >= 4 is 15.9 Å². The average molecular weight is 324 g/mol.